The fraction of sp³-hybridized carbons (Fsp3) is 0.219. The molecule has 0 radical (unpaired) electrons. The monoisotopic (exact) mass is 523 g/mol. The van der Waals surface area contributed by atoms with E-state index in [9.17, 15) is 18.8 Å². The van der Waals surface area contributed by atoms with E-state index in [1.165, 1.54) is 15.9 Å². The van der Waals surface area contributed by atoms with Crippen LogP contribution in [-0.2, 0) is 22.6 Å². The van der Waals surface area contributed by atoms with Gasteiger partial charge in [-0.3, -0.25) is 19.3 Å². The normalized spacial score (nSPS) is 13.1. The minimum atomic E-state index is -0.919. The fourth-order valence-corrected chi connectivity index (χ4v) is 5.11. The van der Waals surface area contributed by atoms with Gasteiger partial charge in [-0.1, -0.05) is 72.8 Å². The smallest absolute Gasteiger partial charge is 0.259 e. The van der Waals surface area contributed by atoms with Crippen LogP contribution in [0, 0.1) is 5.82 Å². The molecule has 0 saturated heterocycles. The lowest BCUT2D eigenvalue weighted by molar-refractivity contribution is -0.140. The summed E-state index contributed by atoms with van der Waals surface area (Å²) in [5, 5.41) is 4.64. The van der Waals surface area contributed by atoms with Crippen molar-refractivity contribution in [2.45, 2.75) is 38.9 Å². The lowest BCUT2D eigenvalue weighted by Gasteiger charge is -2.33. The average molecular weight is 524 g/mol. The molecule has 0 fully saturated rings. The average Bonchev–Trinajstić information content (AvgIpc) is 3.19. The van der Waals surface area contributed by atoms with Crippen LogP contribution in [0.25, 0.3) is 10.8 Å². The molecule has 1 atom stereocenters. The van der Waals surface area contributed by atoms with E-state index >= 15 is 0 Å². The lowest BCUT2D eigenvalue weighted by atomic mass is 10.0. The second kappa shape index (κ2) is 11.1. The molecule has 1 aliphatic rings. The number of carbonyl (C=O) groups is 3. The van der Waals surface area contributed by atoms with Crippen molar-refractivity contribution in [2.75, 3.05) is 11.4 Å². The van der Waals surface area contributed by atoms with Gasteiger partial charge in [-0.15, -0.1) is 0 Å². The maximum absolute atomic E-state index is 14.8. The molecular weight excluding hydrogens is 493 g/mol. The molecule has 1 heterocycles. The van der Waals surface area contributed by atoms with Crippen LogP contribution in [0.2, 0.25) is 0 Å². The highest BCUT2D eigenvalue weighted by Gasteiger charge is 2.36. The van der Waals surface area contributed by atoms with Gasteiger partial charge >= 0.3 is 0 Å². The largest absolute Gasteiger partial charge is 0.352 e. The highest BCUT2D eigenvalue weighted by Crippen LogP contribution is 2.37. The Balaban J connectivity index is 1.52. The van der Waals surface area contributed by atoms with E-state index in [4.69, 9.17) is 0 Å². The quantitative estimate of drug-likeness (QED) is 0.332. The Morgan fingerprint density at radius 2 is 1.59 bits per heavy atom. The van der Waals surface area contributed by atoms with E-state index in [1.54, 1.807) is 24.3 Å². The molecule has 1 unspecified atom stereocenters. The van der Waals surface area contributed by atoms with Crippen LogP contribution in [0.1, 0.15) is 35.3 Å². The number of hydrogen-bond donors (Lipinski definition) is 1. The summed E-state index contributed by atoms with van der Waals surface area (Å²) in [6, 6.07) is 25.6. The summed E-state index contributed by atoms with van der Waals surface area (Å²) in [4.78, 5) is 43.9. The Morgan fingerprint density at radius 3 is 2.31 bits per heavy atom. The molecule has 7 heteroatoms. The fourth-order valence-electron chi connectivity index (χ4n) is 5.11. The Hall–Kier alpha value is -4.52. The summed E-state index contributed by atoms with van der Waals surface area (Å²) in [6.07, 6.45) is 0.239. The summed E-state index contributed by atoms with van der Waals surface area (Å²) in [7, 11) is 0. The van der Waals surface area contributed by atoms with Crippen molar-refractivity contribution >= 4 is 34.2 Å². The zero-order valence-corrected chi connectivity index (χ0v) is 21.9. The zero-order valence-electron chi connectivity index (χ0n) is 21.9. The minimum absolute atomic E-state index is 0.117. The Kier molecular flexibility index (Phi) is 7.41. The molecule has 0 bridgehead atoms. The Morgan fingerprint density at radius 1 is 0.897 bits per heavy atom. The van der Waals surface area contributed by atoms with Crippen LogP contribution in [0.3, 0.4) is 0 Å². The molecular formula is C32H30FN3O3. The van der Waals surface area contributed by atoms with Crippen molar-refractivity contribution < 1.29 is 18.8 Å². The minimum Gasteiger partial charge on any atom is -0.352 e. The molecule has 0 saturated carbocycles. The Bertz CT molecular complexity index is 1530. The molecule has 5 rings (SSSR count). The molecule has 198 valence electrons. The van der Waals surface area contributed by atoms with E-state index in [-0.39, 0.29) is 37.4 Å². The maximum Gasteiger partial charge on any atom is 0.259 e. The van der Waals surface area contributed by atoms with Crippen LogP contribution in [-0.4, -0.2) is 41.2 Å². The maximum atomic E-state index is 14.8. The second-order valence-electron chi connectivity index (χ2n) is 10.1. The summed E-state index contributed by atoms with van der Waals surface area (Å²) in [5.41, 5.74) is 2.34. The van der Waals surface area contributed by atoms with Gasteiger partial charge in [-0.05, 0) is 43.0 Å². The predicted octanol–water partition coefficient (Wildman–Crippen LogP) is 5.10. The lowest BCUT2D eigenvalue weighted by Crippen LogP contribution is -2.54. The highest BCUT2D eigenvalue weighted by molar-refractivity contribution is 6.26. The topological polar surface area (TPSA) is 69.7 Å². The SMILES string of the molecule is CC(C)NC(=O)C(Cc1ccccc1)N(Cc1ccccc1F)C(=O)CN1C(=O)c2cccc3cccc1c23. The van der Waals surface area contributed by atoms with Crippen LogP contribution in [0.4, 0.5) is 10.1 Å². The molecule has 39 heavy (non-hydrogen) atoms. The van der Waals surface area contributed by atoms with Gasteiger partial charge in [0, 0.05) is 35.5 Å². The zero-order chi connectivity index (χ0) is 27.5. The molecule has 4 aromatic carbocycles. The third kappa shape index (κ3) is 5.39. The van der Waals surface area contributed by atoms with Crippen molar-refractivity contribution in [3.05, 3.63) is 114 Å². The molecule has 3 amide bonds. The number of nitrogens with zero attached hydrogens (tertiary/aromatic N) is 2. The molecule has 1 N–H and O–H groups in total. The second-order valence-corrected chi connectivity index (χ2v) is 10.1. The van der Waals surface area contributed by atoms with E-state index in [0.717, 1.165) is 16.3 Å². The van der Waals surface area contributed by atoms with Crippen molar-refractivity contribution in [3.8, 4) is 0 Å². The van der Waals surface area contributed by atoms with Crippen LogP contribution < -0.4 is 10.2 Å². The van der Waals surface area contributed by atoms with Crippen molar-refractivity contribution in [1.82, 2.24) is 10.2 Å². The first-order chi connectivity index (χ1) is 18.8. The number of carbonyl (C=O) groups excluding carboxylic acids is 3. The summed E-state index contributed by atoms with van der Waals surface area (Å²) in [5.74, 6) is -1.52. The van der Waals surface area contributed by atoms with Gasteiger partial charge in [-0.25, -0.2) is 4.39 Å². The molecule has 1 aliphatic heterocycles. The van der Waals surface area contributed by atoms with E-state index in [2.05, 4.69) is 5.32 Å². The van der Waals surface area contributed by atoms with Crippen molar-refractivity contribution in [1.29, 1.82) is 0 Å². The van der Waals surface area contributed by atoms with Gasteiger partial charge in [0.2, 0.25) is 11.8 Å². The van der Waals surface area contributed by atoms with Crippen LogP contribution >= 0.6 is 0 Å². The Labute approximate surface area is 227 Å². The molecule has 0 aromatic heterocycles. The van der Waals surface area contributed by atoms with Crippen molar-refractivity contribution in [2.24, 2.45) is 0 Å². The van der Waals surface area contributed by atoms with Gasteiger partial charge in [0.1, 0.15) is 18.4 Å². The first-order valence-corrected chi connectivity index (χ1v) is 13.0. The van der Waals surface area contributed by atoms with Crippen LogP contribution in [0.15, 0.2) is 91.0 Å². The third-order valence-electron chi connectivity index (χ3n) is 6.94. The summed E-state index contributed by atoms with van der Waals surface area (Å²) < 4.78 is 14.8. The standard InChI is InChI=1S/C32H30FN3O3/c1-21(2)34-31(38)28(18-22-10-4-3-5-11-22)35(19-24-12-6-7-16-26(24)33)29(37)20-36-27-17-9-14-23-13-8-15-25(30(23)27)32(36)39/h3-17,21,28H,18-20H2,1-2H3,(H,34,38). The molecule has 6 nitrogen and oxygen atoms in total. The van der Waals surface area contributed by atoms with Crippen molar-refractivity contribution in [3.63, 3.8) is 0 Å². The van der Waals surface area contributed by atoms with Gasteiger partial charge in [-0.2, -0.15) is 0 Å². The highest BCUT2D eigenvalue weighted by atomic mass is 19.1. The molecule has 4 aromatic rings. The number of halogens is 1. The van der Waals surface area contributed by atoms with E-state index in [1.807, 2.05) is 74.5 Å². The van der Waals surface area contributed by atoms with E-state index in [0.29, 0.717) is 16.8 Å². The van der Waals surface area contributed by atoms with Gasteiger partial charge in [0.25, 0.3) is 5.91 Å². The first kappa shape index (κ1) is 26.1. The first-order valence-electron chi connectivity index (χ1n) is 13.0. The van der Waals surface area contributed by atoms with Gasteiger partial charge < -0.3 is 10.2 Å². The van der Waals surface area contributed by atoms with Gasteiger partial charge in [0.05, 0.1) is 5.69 Å². The van der Waals surface area contributed by atoms with Gasteiger partial charge in [0.15, 0.2) is 0 Å². The third-order valence-corrected chi connectivity index (χ3v) is 6.94. The molecule has 0 aliphatic carbocycles. The number of amides is 3. The predicted molar refractivity (Wildman–Crippen MR) is 150 cm³/mol. The number of hydrogen-bond acceptors (Lipinski definition) is 3. The number of rotatable bonds is 9. The number of nitrogens with one attached hydrogen (secondary N) is 1. The van der Waals surface area contributed by atoms with Crippen LogP contribution in [0.5, 0.6) is 0 Å². The molecule has 0 spiro atoms. The van der Waals surface area contributed by atoms with E-state index < -0.39 is 17.8 Å². The summed E-state index contributed by atoms with van der Waals surface area (Å²) >= 11 is 0. The number of benzene rings is 4. The summed E-state index contributed by atoms with van der Waals surface area (Å²) in [6.45, 7) is 3.30. The number of anilines is 1.